The summed E-state index contributed by atoms with van der Waals surface area (Å²) >= 11 is 0. The van der Waals surface area contributed by atoms with Gasteiger partial charge in [0.1, 0.15) is 4.90 Å². The van der Waals surface area contributed by atoms with Crippen LogP contribution >= 0.6 is 0 Å². The fourth-order valence-corrected chi connectivity index (χ4v) is 5.01. The Morgan fingerprint density at radius 3 is 2.30 bits per heavy atom. The Hall–Kier alpha value is -2.39. The van der Waals surface area contributed by atoms with Crippen LogP contribution in [0.3, 0.4) is 0 Å². The van der Waals surface area contributed by atoms with Crippen molar-refractivity contribution in [1.82, 2.24) is 14.5 Å². The third kappa shape index (κ3) is 3.84. The highest BCUT2D eigenvalue weighted by Gasteiger charge is 2.32. The molecule has 1 aliphatic heterocycles. The van der Waals surface area contributed by atoms with Crippen molar-refractivity contribution in [2.75, 3.05) is 37.7 Å². The molecule has 3 rings (SSSR count). The van der Waals surface area contributed by atoms with Crippen molar-refractivity contribution in [1.29, 1.82) is 0 Å². The van der Waals surface area contributed by atoms with Crippen molar-refractivity contribution in [3.8, 4) is 0 Å². The van der Waals surface area contributed by atoms with Gasteiger partial charge >= 0.3 is 5.97 Å². The molecule has 1 N–H and O–H groups in total. The molecule has 2 heterocycles. The molecule has 9 heteroatoms. The first-order chi connectivity index (χ1) is 12.8. The zero-order chi connectivity index (χ0) is 19.6. The molecule has 1 saturated heterocycles. The first kappa shape index (κ1) is 19.4. The van der Waals surface area contributed by atoms with E-state index in [0.717, 1.165) is 5.69 Å². The van der Waals surface area contributed by atoms with Gasteiger partial charge in [0.05, 0.1) is 23.6 Å². The second-order valence-corrected chi connectivity index (χ2v) is 8.30. The SMILES string of the molecule is CCOC(=O)c1ccc(N2CCN(S(=O)(=O)c3c(C)n[nH]c3C)CC2)cc1. The number of ether oxygens (including phenoxy) is 1. The maximum atomic E-state index is 12.9. The average molecular weight is 392 g/mol. The second kappa shape index (κ2) is 7.69. The number of aromatic nitrogens is 2. The molecule has 0 unspecified atom stereocenters. The lowest BCUT2D eigenvalue weighted by molar-refractivity contribution is 0.0526. The number of anilines is 1. The number of aromatic amines is 1. The molecule has 0 amide bonds. The predicted octanol–water partition coefficient (Wildman–Crippen LogP) is 1.71. The second-order valence-electron chi connectivity index (χ2n) is 6.42. The first-order valence-electron chi connectivity index (χ1n) is 8.88. The summed E-state index contributed by atoms with van der Waals surface area (Å²) in [7, 11) is -3.56. The largest absolute Gasteiger partial charge is 0.462 e. The van der Waals surface area contributed by atoms with Crippen molar-refractivity contribution in [3.63, 3.8) is 0 Å². The number of sulfonamides is 1. The number of rotatable bonds is 5. The van der Waals surface area contributed by atoms with E-state index in [9.17, 15) is 13.2 Å². The maximum absolute atomic E-state index is 12.9. The molecule has 0 bridgehead atoms. The zero-order valence-electron chi connectivity index (χ0n) is 15.7. The number of benzene rings is 1. The van der Waals surface area contributed by atoms with Crippen LogP contribution in [0.15, 0.2) is 29.2 Å². The summed E-state index contributed by atoms with van der Waals surface area (Å²) in [5.41, 5.74) is 2.51. The number of esters is 1. The molecule has 1 aromatic heterocycles. The fraction of sp³-hybridized carbons (Fsp3) is 0.444. The van der Waals surface area contributed by atoms with Gasteiger partial charge in [0.25, 0.3) is 0 Å². The maximum Gasteiger partial charge on any atom is 0.338 e. The molecular formula is C18H24N4O4S. The van der Waals surface area contributed by atoms with Gasteiger partial charge in [0, 0.05) is 31.9 Å². The number of carbonyl (C=O) groups excluding carboxylic acids is 1. The highest BCUT2D eigenvalue weighted by molar-refractivity contribution is 7.89. The van der Waals surface area contributed by atoms with E-state index in [1.54, 1.807) is 32.9 Å². The van der Waals surface area contributed by atoms with E-state index in [4.69, 9.17) is 4.74 Å². The molecule has 0 radical (unpaired) electrons. The molecule has 0 saturated carbocycles. The lowest BCUT2D eigenvalue weighted by Crippen LogP contribution is -2.48. The smallest absolute Gasteiger partial charge is 0.338 e. The minimum absolute atomic E-state index is 0.273. The number of nitrogens with one attached hydrogen (secondary N) is 1. The monoisotopic (exact) mass is 392 g/mol. The molecule has 146 valence electrons. The number of hydrogen-bond donors (Lipinski definition) is 1. The Morgan fingerprint density at radius 2 is 1.78 bits per heavy atom. The van der Waals surface area contributed by atoms with Crippen LogP contribution in [-0.2, 0) is 14.8 Å². The van der Waals surface area contributed by atoms with Crippen LogP contribution in [0.2, 0.25) is 0 Å². The normalized spacial score (nSPS) is 15.7. The Labute approximate surface area is 159 Å². The number of piperazine rings is 1. The van der Waals surface area contributed by atoms with E-state index >= 15 is 0 Å². The molecule has 0 aliphatic carbocycles. The number of nitrogens with zero attached hydrogens (tertiary/aromatic N) is 3. The summed E-state index contributed by atoms with van der Waals surface area (Å²) in [4.78, 5) is 14.1. The molecule has 27 heavy (non-hydrogen) atoms. The third-order valence-corrected chi connectivity index (χ3v) is 6.80. The van der Waals surface area contributed by atoms with Crippen molar-refractivity contribution in [2.45, 2.75) is 25.7 Å². The van der Waals surface area contributed by atoms with Gasteiger partial charge in [-0.05, 0) is 45.0 Å². The van der Waals surface area contributed by atoms with E-state index in [-0.39, 0.29) is 10.9 Å². The number of hydrogen-bond acceptors (Lipinski definition) is 6. The molecule has 0 atom stereocenters. The van der Waals surface area contributed by atoms with E-state index < -0.39 is 10.0 Å². The zero-order valence-corrected chi connectivity index (χ0v) is 16.5. The summed E-state index contributed by atoms with van der Waals surface area (Å²) in [5.74, 6) is -0.342. The third-order valence-electron chi connectivity index (χ3n) is 4.64. The van der Waals surface area contributed by atoms with Gasteiger partial charge in [-0.1, -0.05) is 0 Å². The Morgan fingerprint density at radius 1 is 1.15 bits per heavy atom. The fourth-order valence-electron chi connectivity index (χ4n) is 3.26. The lowest BCUT2D eigenvalue weighted by atomic mass is 10.2. The number of aryl methyl sites for hydroxylation is 2. The van der Waals surface area contributed by atoms with E-state index in [1.807, 2.05) is 12.1 Å². The van der Waals surface area contributed by atoms with Crippen LogP contribution in [0.4, 0.5) is 5.69 Å². The van der Waals surface area contributed by atoms with Gasteiger partial charge in [-0.25, -0.2) is 13.2 Å². The van der Waals surface area contributed by atoms with Crippen molar-refractivity contribution >= 4 is 21.7 Å². The average Bonchev–Trinajstić information content (AvgIpc) is 3.01. The van der Waals surface area contributed by atoms with Gasteiger partial charge in [-0.15, -0.1) is 0 Å². The number of H-pyrrole nitrogens is 1. The summed E-state index contributed by atoms with van der Waals surface area (Å²) in [5, 5.41) is 6.73. The number of carbonyl (C=O) groups is 1. The minimum Gasteiger partial charge on any atom is -0.462 e. The van der Waals surface area contributed by atoms with Crippen LogP contribution < -0.4 is 4.90 Å². The highest BCUT2D eigenvalue weighted by atomic mass is 32.2. The van der Waals surface area contributed by atoms with Gasteiger partial charge in [-0.2, -0.15) is 9.40 Å². The molecule has 2 aromatic rings. The van der Waals surface area contributed by atoms with E-state index in [0.29, 0.717) is 49.7 Å². The predicted molar refractivity (Wildman–Crippen MR) is 101 cm³/mol. The van der Waals surface area contributed by atoms with Crippen LogP contribution in [0.5, 0.6) is 0 Å². The van der Waals surface area contributed by atoms with Gasteiger partial charge in [0.2, 0.25) is 10.0 Å². The van der Waals surface area contributed by atoms with Gasteiger partial charge < -0.3 is 9.64 Å². The summed E-state index contributed by atoms with van der Waals surface area (Å²) in [6.07, 6.45) is 0. The standard InChI is InChI=1S/C18H24N4O4S/c1-4-26-18(23)15-5-7-16(8-6-15)21-9-11-22(12-10-21)27(24,25)17-13(2)19-20-14(17)3/h5-8H,4,9-12H2,1-3H3,(H,19,20). The molecule has 8 nitrogen and oxygen atoms in total. The Balaban J connectivity index is 1.68. The summed E-state index contributed by atoms with van der Waals surface area (Å²) < 4.78 is 32.3. The van der Waals surface area contributed by atoms with Crippen molar-refractivity contribution in [2.24, 2.45) is 0 Å². The molecule has 1 aliphatic rings. The Kier molecular flexibility index (Phi) is 5.52. The van der Waals surface area contributed by atoms with Crippen molar-refractivity contribution < 1.29 is 17.9 Å². The lowest BCUT2D eigenvalue weighted by Gasteiger charge is -2.35. The first-order valence-corrected chi connectivity index (χ1v) is 10.3. The van der Waals surface area contributed by atoms with Gasteiger partial charge in [-0.3, -0.25) is 5.10 Å². The minimum atomic E-state index is -3.56. The van der Waals surface area contributed by atoms with Gasteiger partial charge in [0.15, 0.2) is 0 Å². The highest BCUT2D eigenvalue weighted by Crippen LogP contribution is 2.24. The summed E-state index contributed by atoms with van der Waals surface area (Å²) in [6, 6.07) is 7.19. The van der Waals surface area contributed by atoms with Crippen LogP contribution in [0, 0.1) is 13.8 Å². The molecule has 1 aromatic carbocycles. The van der Waals surface area contributed by atoms with Crippen LogP contribution in [0.25, 0.3) is 0 Å². The van der Waals surface area contributed by atoms with Crippen LogP contribution in [-0.4, -0.2) is 61.7 Å². The summed E-state index contributed by atoms with van der Waals surface area (Å²) in [6.45, 7) is 7.46. The molecule has 1 fully saturated rings. The van der Waals surface area contributed by atoms with E-state index in [1.165, 1.54) is 4.31 Å². The molecule has 0 spiro atoms. The Bertz CT molecular complexity index is 894. The van der Waals surface area contributed by atoms with E-state index in [2.05, 4.69) is 15.1 Å². The van der Waals surface area contributed by atoms with Crippen molar-refractivity contribution in [3.05, 3.63) is 41.2 Å². The molecular weight excluding hydrogens is 368 g/mol. The quantitative estimate of drug-likeness (QED) is 0.779. The van der Waals surface area contributed by atoms with Crippen LogP contribution in [0.1, 0.15) is 28.7 Å². The topological polar surface area (TPSA) is 95.6 Å².